The fourth-order valence-electron chi connectivity index (χ4n) is 1.07. The van der Waals surface area contributed by atoms with E-state index in [1.165, 1.54) is 0 Å². The standard InChI is InChI=1S/C7H2ClF4NO4S/c8-18(16,17)5-2-3(13(14)15)1-4(6(5)9)7(10,11)12/h1-2H. The van der Waals surface area contributed by atoms with Gasteiger partial charge in [-0.2, -0.15) is 13.2 Å². The van der Waals surface area contributed by atoms with E-state index in [1.54, 1.807) is 0 Å². The zero-order chi connectivity index (χ0) is 14.3. The maximum Gasteiger partial charge on any atom is 0.419 e. The number of nitro benzene ring substituents is 1. The summed E-state index contributed by atoms with van der Waals surface area (Å²) >= 11 is 0. The third-order valence-electron chi connectivity index (χ3n) is 1.80. The lowest BCUT2D eigenvalue weighted by Gasteiger charge is -2.09. The first-order chi connectivity index (χ1) is 7.94. The first-order valence-corrected chi connectivity index (χ1v) is 6.25. The van der Waals surface area contributed by atoms with Crippen molar-refractivity contribution in [3.05, 3.63) is 33.6 Å². The van der Waals surface area contributed by atoms with Crippen LogP contribution in [0, 0.1) is 15.9 Å². The molecular formula is C7H2ClF4NO4S. The number of non-ortho nitro benzene ring substituents is 1. The molecule has 1 rings (SSSR count). The van der Waals surface area contributed by atoms with E-state index >= 15 is 0 Å². The Bertz CT molecular complexity index is 613. The second kappa shape index (κ2) is 4.35. The van der Waals surface area contributed by atoms with Crippen molar-refractivity contribution in [3.63, 3.8) is 0 Å². The van der Waals surface area contributed by atoms with Crippen LogP contribution in [0.2, 0.25) is 0 Å². The van der Waals surface area contributed by atoms with Crippen molar-refractivity contribution >= 4 is 25.4 Å². The van der Waals surface area contributed by atoms with Crippen molar-refractivity contribution in [1.82, 2.24) is 0 Å². The van der Waals surface area contributed by atoms with Crippen LogP contribution in [0.5, 0.6) is 0 Å². The molecule has 0 saturated heterocycles. The number of nitrogens with zero attached hydrogens (tertiary/aromatic N) is 1. The molecule has 0 fully saturated rings. The molecule has 0 aliphatic carbocycles. The maximum atomic E-state index is 13.3. The predicted octanol–water partition coefficient (Wildman–Crippen LogP) is 2.68. The van der Waals surface area contributed by atoms with Crippen molar-refractivity contribution in [1.29, 1.82) is 0 Å². The number of benzene rings is 1. The van der Waals surface area contributed by atoms with E-state index < -0.39 is 42.1 Å². The van der Waals surface area contributed by atoms with Crippen molar-refractivity contribution in [3.8, 4) is 0 Å². The van der Waals surface area contributed by atoms with E-state index in [0.717, 1.165) is 0 Å². The molecule has 0 radical (unpaired) electrons. The molecule has 18 heavy (non-hydrogen) atoms. The molecule has 0 aromatic heterocycles. The zero-order valence-corrected chi connectivity index (χ0v) is 9.61. The first-order valence-electron chi connectivity index (χ1n) is 3.94. The highest BCUT2D eigenvalue weighted by Gasteiger charge is 2.39. The minimum absolute atomic E-state index is 0.110. The van der Waals surface area contributed by atoms with Crippen LogP contribution < -0.4 is 0 Å². The molecular weight excluding hydrogens is 306 g/mol. The third kappa shape index (κ3) is 2.88. The highest BCUT2D eigenvalue weighted by Crippen LogP contribution is 2.37. The molecule has 0 saturated carbocycles. The molecule has 0 aliphatic rings. The van der Waals surface area contributed by atoms with Crippen molar-refractivity contribution in [2.45, 2.75) is 11.1 Å². The Labute approximate surface area is 102 Å². The molecule has 5 nitrogen and oxygen atoms in total. The molecule has 0 amide bonds. The third-order valence-corrected chi connectivity index (χ3v) is 3.12. The van der Waals surface area contributed by atoms with Crippen LogP contribution in [0.25, 0.3) is 0 Å². The average molecular weight is 308 g/mol. The summed E-state index contributed by atoms with van der Waals surface area (Å²) in [5.74, 6) is -2.18. The van der Waals surface area contributed by atoms with Gasteiger partial charge in [-0.1, -0.05) is 0 Å². The van der Waals surface area contributed by atoms with Gasteiger partial charge in [-0.25, -0.2) is 12.8 Å². The van der Waals surface area contributed by atoms with Gasteiger partial charge in [-0.3, -0.25) is 10.1 Å². The summed E-state index contributed by atoms with van der Waals surface area (Å²) in [7, 11) is -0.175. The minimum atomic E-state index is -5.29. The fraction of sp³-hybridized carbons (Fsp3) is 0.143. The van der Waals surface area contributed by atoms with Crippen molar-refractivity contribution in [2.24, 2.45) is 0 Å². The quantitative estimate of drug-likeness (QED) is 0.364. The van der Waals surface area contributed by atoms with E-state index in [2.05, 4.69) is 0 Å². The van der Waals surface area contributed by atoms with Crippen LogP contribution in [0.3, 0.4) is 0 Å². The van der Waals surface area contributed by atoms with Gasteiger partial charge in [0.05, 0.1) is 10.5 Å². The van der Waals surface area contributed by atoms with Crippen LogP contribution >= 0.6 is 10.7 Å². The molecule has 1 aromatic carbocycles. The smallest absolute Gasteiger partial charge is 0.258 e. The van der Waals surface area contributed by atoms with Crippen LogP contribution in [0.1, 0.15) is 5.56 Å². The Hall–Kier alpha value is -1.42. The normalized spacial score (nSPS) is 12.5. The lowest BCUT2D eigenvalue weighted by molar-refractivity contribution is -0.385. The van der Waals surface area contributed by atoms with Gasteiger partial charge in [0, 0.05) is 22.8 Å². The lowest BCUT2D eigenvalue weighted by Crippen LogP contribution is -2.12. The van der Waals surface area contributed by atoms with Crippen molar-refractivity contribution < 1.29 is 30.9 Å². The summed E-state index contributed by atoms with van der Waals surface area (Å²) in [6.45, 7) is 0. The summed E-state index contributed by atoms with van der Waals surface area (Å²) in [5.41, 5.74) is -3.31. The Morgan fingerprint density at radius 1 is 1.28 bits per heavy atom. The van der Waals surface area contributed by atoms with Gasteiger partial charge in [0.15, 0.2) is 5.82 Å². The highest BCUT2D eigenvalue weighted by molar-refractivity contribution is 8.13. The molecule has 100 valence electrons. The minimum Gasteiger partial charge on any atom is -0.258 e. The van der Waals surface area contributed by atoms with Gasteiger partial charge in [0.2, 0.25) is 0 Å². The number of rotatable bonds is 2. The Balaban J connectivity index is 3.76. The lowest BCUT2D eigenvalue weighted by atomic mass is 10.2. The van der Waals surface area contributed by atoms with E-state index in [-0.39, 0.29) is 12.1 Å². The summed E-state index contributed by atoms with van der Waals surface area (Å²) in [4.78, 5) is 7.47. The number of nitro groups is 1. The average Bonchev–Trinajstić information content (AvgIpc) is 2.13. The molecule has 0 atom stereocenters. The summed E-state index contributed by atoms with van der Waals surface area (Å²) < 4.78 is 72.1. The molecule has 0 heterocycles. The Kier molecular flexibility index (Phi) is 3.54. The van der Waals surface area contributed by atoms with E-state index in [9.17, 15) is 36.1 Å². The van der Waals surface area contributed by atoms with Gasteiger partial charge in [-0.05, 0) is 0 Å². The molecule has 1 aromatic rings. The summed E-state index contributed by atoms with van der Waals surface area (Å²) in [6.07, 6.45) is -5.29. The second-order valence-corrected chi connectivity index (χ2v) is 5.53. The van der Waals surface area contributed by atoms with Crippen molar-refractivity contribution in [2.75, 3.05) is 0 Å². The molecule has 0 unspecified atom stereocenters. The Morgan fingerprint density at radius 2 is 1.78 bits per heavy atom. The fourth-order valence-corrected chi connectivity index (χ4v) is 1.99. The molecule has 0 spiro atoms. The van der Waals surface area contributed by atoms with E-state index in [4.69, 9.17) is 10.7 Å². The zero-order valence-electron chi connectivity index (χ0n) is 8.03. The molecule has 0 N–H and O–H groups in total. The van der Waals surface area contributed by atoms with E-state index in [0.29, 0.717) is 0 Å². The van der Waals surface area contributed by atoms with Gasteiger partial charge in [0.1, 0.15) is 4.90 Å². The molecule has 0 bridgehead atoms. The first kappa shape index (κ1) is 14.6. The topological polar surface area (TPSA) is 77.3 Å². The van der Waals surface area contributed by atoms with Crippen LogP contribution in [-0.2, 0) is 15.2 Å². The number of hydrogen-bond acceptors (Lipinski definition) is 4. The number of alkyl halides is 3. The number of halogens is 5. The van der Waals surface area contributed by atoms with E-state index in [1.807, 2.05) is 0 Å². The van der Waals surface area contributed by atoms with Gasteiger partial charge in [-0.15, -0.1) is 0 Å². The van der Waals surface area contributed by atoms with Crippen LogP contribution in [0.15, 0.2) is 17.0 Å². The van der Waals surface area contributed by atoms with Crippen LogP contribution in [0.4, 0.5) is 23.2 Å². The number of hydrogen-bond donors (Lipinski definition) is 0. The summed E-state index contributed by atoms with van der Waals surface area (Å²) in [5, 5.41) is 10.3. The predicted molar refractivity (Wildman–Crippen MR) is 51.1 cm³/mol. The van der Waals surface area contributed by atoms with Gasteiger partial charge < -0.3 is 0 Å². The molecule has 0 aliphatic heterocycles. The SMILES string of the molecule is O=[N+]([O-])c1cc(C(F)(F)F)c(F)c(S(=O)(=O)Cl)c1. The Morgan fingerprint density at radius 3 is 2.11 bits per heavy atom. The maximum absolute atomic E-state index is 13.3. The van der Waals surface area contributed by atoms with Gasteiger partial charge >= 0.3 is 6.18 Å². The highest BCUT2D eigenvalue weighted by atomic mass is 35.7. The monoisotopic (exact) mass is 307 g/mol. The van der Waals surface area contributed by atoms with Gasteiger partial charge in [0.25, 0.3) is 14.7 Å². The van der Waals surface area contributed by atoms with Crippen LogP contribution in [-0.4, -0.2) is 13.3 Å². The largest absolute Gasteiger partial charge is 0.419 e. The second-order valence-electron chi connectivity index (χ2n) is 3.00. The summed E-state index contributed by atoms with van der Waals surface area (Å²) in [6, 6.07) is 0.00775. The molecule has 11 heteroatoms.